The van der Waals surface area contributed by atoms with E-state index in [-0.39, 0.29) is 5.92 Å². The van der Waals surface area contributed by atoms with Crippen molar-refractivity contribution in [1.82, 2.24) is 4.57 Å². The van der Waals surface area contributed by atoms with E-state index in [9.17, 15) is 0 Å². The number of allylic oxidation sites excluding steroid dienone is 5. The van der Waals surface area contributed by atoms with Gasteiger partial charge in [-0.2, -0.15) is 0 Å². The standard InChI is InChI=1S/C68H48N2/c1-3-17-47(18-4-1)49-31-33-50(34-32-49)52-37-42-56(43-38-52)69(55-40-35-51(36-41-55)48-19-5-2-6-20-48)68-44-39-54(46-64(68)63-45-53-21-7-8-22-57(53)59-24-9-10-25-60(59)63)58-23-11-14-28-65(58)70-66-29-15-12-26-61(66)62-27-13-16-30-67(62)70/h1-24,26-46,60H,25H2. The summed E-state index contributed by atoms with van der Waals surface area (Å²) in [7, 11) is 0. The van der Waals surface area contributed by atoms with Gasteiger partial charge in [-0.15, -0.1) is 0 Å². The lowest BCUT2D eigenvalue weighted by molar-refractivity contribution is 0.862. The van der Waals surface area contributed by atoms with Crippen LogP contribution in [0.4, 0.5) is 17.1 Å². The molecule has 2 heteroatoms. The summed E-state index contributed by atoms with van der Waals surface area (Å²) in [5.74, 6) is 0.185. The zero-order valence-electron chi connectivity index (χ0n) is 38.7. The lowest BCUT2D eigenvalue weighted by Gasteiger charge is -2.34. The molecule has 2 nitrogen and oxygen atoms in total. The molecule has 70 heavy (non-hydrogen) atoms. The molecule has 0 fully saturated rings. The van der Waals surface area contributed by atoms with Crippen molar-refractivity contribution in [3.8, 4) is 50.2 Å². The molecule has 1 atom stereocenters. The van der Waals surface area contributed by atoms with Gasteiger partial charge in [-0.1, -0.05) is 212 Å². The lowest BCUT2D eigenvalue weighted by atomic mass is 9.73. The van der Waals surface area contributed by atoms with E-state index in [1.54, 1.807) is 0 Å². The number of anilines is 3. The van der Waals surface area contributed by atoms with E-state index in [0.29, 0.717) is 0 Å². The molecule has 11 aromatic rings. The van der Waals surface area contributed by atoms with E-state index in [4.69, 9.17) is 0 Å². The molecular weight excluding hydrogens is 845 g/mol. The van der Waals surface area contributed by atoms with Gasteiger partial charge in [0.15, 0.2) is 0 Å². The molecule has 2 aliphatic carbocycles. The molecule has 0 saturated carbocycles. The summed E-state index contributed by atoms with van der Waals surface area (Å²) in [4.78, 5) is 2.47. The Labute approximate surface area is 409 Å². The summed E-state index contributed by atoms with van der Waals surface area (Å²) in [6, 6.07) is 91.0. The van der Waals surface area contributed by atoms with Crippen LogP contribution in [0.1, 0.15) is 23.1 Å². The molecule has 13 rings (SSSR count). The largest absolute Gasteiger partial charge is 0.310 e. The predicted octanol–water partition coefficient (Wildman–Crippen LogP) is 18.4. The van der Waals surface area contributed by atoms with Crippen LogP contribution in [-0.2, 0) is 0 Å². The topological polar surface area (TPSA) is 8.17 Å². The summed E-state index contributed by atoms with van der Waals surface area (Å²) >= 11 is 0. The Hall–Kier alpha value is -8.98. The highest BCUT2D eigenvalue weighted by Gasteiger charge is 2.31. The van der Waals surface area contributed by atoms with Crippen molar-refractivity contribution >= 4 is 56.1 Å². The van der Waals surface area contributed by atoms with Crippen LogP contribution in [0.15, 0.2) is 267 Å². The molecule has 10 aromatic carbocycles. The molecule has 1 unspecified atom stereocenters. The van der Waals surface area contributed by atoms with Gasteiger partial charge in [-0.25, -0.2) is 0 Å². The van der Waals surface area contributed by atoms with E-state index in [0.717, 1.165) is 29.2 Å². The minimum atomic E-state index is 0.185. The summed E-state index contributed by atoms with van der Waals surface area (Å²) in [5, 5.41) is 2.51. The van der Waals surface area contributed by atoms with Crippen LogP contribution in [-0.4, -0.2) is 4.57 Å². The Morgan fingerprint density at radius 2 is 0.843 bits per heavy atom. The lowest BCUT2D eigenvalue weighted by Crippen LogP contribution is -2.17. The normalized spacial score (nSPS) is 13.9. The van der Waals surface area contributed by atoms with Gasteiger partial charge in [-0.05, 0) is 128 Å². The molecule has 2 aliphatic rings. The maximum atomic E-state index is 2.48. The zero-order valence-corrected chi connectivity index (χ0v) is 38.7. The van der Waals surface area contributed by atoms with Crippen molar-refractivity contribution in [3.05, 3.63) is 284 Å². The van der Waals surface area contributed by atoms with Gasteiger partial charge in [0.1, 0.15) is 0 Å². The van der Waals surface area contributed by atoms with E-state index in [1.165, 1.54) is 94.2 Å². The Balaban J connectivity index is 1.01. The van der Waals surface area contributed by atoms with Gasteiger partial charge in [-0.3, -0.25) is 0 Å². The van der Waals surface area contributed by atoms with Gasteiger partial charge in [0.05, 0.1) is 22.4 Å². The monoisotopic (exact) mass is 892 g/mol. The number of aromatic nitrogens is 1. The molecule has 1 heterocycles. The van der Waals surface area contributed by atoms with E-state index < -0.39 is 0 Å². The second kappa shape index (κ2) is 17.6. The van der Waals surface area contributed by atoms with E-state index in [1.807, 2.05) is 0 Å². The minimum absolute atomic E-state index is 0.185. The fourth-order valence-electron chi connectivity index (χ4n) is 11.0. The third-order valence-corrected chi connectivity index (χ3v) is 14.4. The van der Waals surface area contributed by atoms with Gasteiger partial charge in [0.2, 0.25) is 0 Å². The van der Waals surface area contributed by atoms with Gasteiger partial charge in [0.25, 0.3) is 0 Å². The molecule has 1 aromatic heterocycles. The molecule has 0 spiro atoms. The summed E-state index contributed by atoms with van der Waals surface area (Å²) in [5.41, 5.74) is 22.9. The van der Waals surface area contributed by atoms with Gasteiger partial charge < -0.3 is 9.47 Å². The Morgan fingerprint density at radius 3 is 1.44 bits per heavy atom. The maximum absolute atomic E-state index is 2.48. The zero-order chi connectivity index (χ0) is 46.4. The third kappa shape index (κ3) is 7.30. The van der Waals surface area contributed by atoms with Crippen LogP contribution in [0, 0.1) is 5.92 Å². The minimum Gasteiger partial charge on any atom is -0.310 e. The molecule has 0 amide bonds. The quantitative estimate of drug-likeness (QED) is 0.140. The van der Waals surface area contributed by atoms with E-state index >= 15 is 0 Å². The molecule has 0 radical (unpaired) electrons. The second-order valence-electron chi connectivity index (χ2n) is 18.4. The first-order chi connectivity index (χ1) is 34.7. The van der Waals surface area contributed by atoms with Crippen molar-refractivity contribution in [1.29, 1.82) is 0 Å². The highest BCUT2D eigenvalue weighted by Crippen LogP contribution is 2.51. The van der Waals surface area contributed by atoms with Gasteiger partial charge >= 0.3 is 0 Å². The maximum Gasteiger partial charge on any atom is 0.0541 e. The predicted molar refractivity (Wildman–Crippen MR) is 297 cm³/mol. The van der Waals surface area contributed by atoms with Crippen LogP contribution < -0.4 is 4.90 Å². The third-order valence-electron chi connectivity index (χ3n) is 14.4. The molecule has 0 N–H and O–H groups in total. The van der Waals surface area contributed by atoms with Crippen LogP contribution in [0.3, 0.4) is 0 Å². The molecule has 330 valence electrons. The van der Waals surface area contributed by atoms with Crippen molar-refractivity contribution in [3.63, 3.8) is 0 Å². The molecule has 0 saturated heterocycles. The average molecular weight is 893 g/mol. The summed E-state index contributed by atoms with van der Waals surface area (Å²) < 4.78 is 2.45. The highest BCUT2D eigenvalue weighted by atomic mass is 15.1. The summed E-state index contributed by atoms with van der Waals surface area (Å²) in [6.07, 6.45) is 10.3. The highest BCUT2D eigenvalue weighted by molar-refractivity contribution is 6.10. The smallest absolute Gasteiger partial charge is 0.0541 e. The van der Waals surface area contributed by atoms with Crippen LogP contribution in [0.5, 0.6) is 0 Å². The fourth-order valence-corrected chi connectivity index (χ4v) is 11.0. The number of hydrogen-bond acceptors (Lipinski definition) is 1. The molecule has 0 bridgehead atoms. The first kappa shape index (κ1) is 41.2. The van der Waals surface area contributed by atoms with Crippen molar-refractivity contribution in [2.24, 2.45) is 5.92 Å². The van der Waals surface area contributed by atoms with E-state index in [2.05, 4.69) is 282 Å². The Bertz CT molecular complexity index is 3760. The number of hydrogen-bond donors (Lipinski definition) is 0. The number of benzene rings is 10. The van der Waals surface area contributed by atoms with Crippen LogP contribution in [0.2, 0.25) is 0 Å². The first-order valence-electron chi connectivity index (χ1n) is 24.4. The number of rotatable bonds is 9. The van der Waals surface area contributed by atoms with Crippen LogP contribution >= 0.6 is 0 Å². The first-order valence-corrected chi connectivity index (χ1v) is 24.4. The number of fused-ring (bicyclic) bond motifs is 6. The number of nitrogens with zero attached hydrogens (tertiary/aromatic N) is 2. The molecule has 0 aliphatic heterocycles. The van der Waals surface area contributed by atoms with Crippen molar-refractivity contribution in [2.75, 3.05) is 4.90 Å². The van der Waals surface area contributed by atoms with Crippen molar-refractivity contribution in [2.45, 2.75) is 6.42 Å². The van der Waals surface area contributed by atoms with Gasteiger partial charge in [0, 0.05) is 39.2 Å². The van der Waals surface area contributed by atoms with Crippen molar-refractivity contribution < 1.29 is 0 Å². The second-order valence-corrected chi connectivity index (χ2v) is 18.4. The Kier molecular flexibility index (Phi) is 10.4. The Morgan fingerprint density at radius 1 is 0.371 bits per heavy atom. The van der Waals surface area contributed by atoms with Crippen LogP contribution in [0.25, 0.3) is 89.2 Å². The average Bonchev–Trinajstić information content (AvgIpc) is 3.78. The molecular formula is C68H48N2. The summed E-state index contributed by atoms with van der Waals surface area (Å²) in [6.45, 7) is 0. The fraction of sp³-hybridized carbons (Fsp3) is 0.0294. The number of para-hydroxylation sites is 3. The SMILES string of the molecule is C1=CCC2C(=C1)c1ccccc1C=C2c1cc(-c2ccccc2-n2c3ccccc3c3ccccc32)ccc1N(c1ccc(-c2ccccc2)cc1)c1ccc(-c2ccc(-c3ccccc3)cc2)cc1.